The molecule has 0 bridgehead atoms. The second-order valence-electron chi connectivity index (χ2n) is 3.59. The molecule has 0 aromatic heterocycles. The average molecular weight is 357 g/mol. The zero-order valence-corrected chi connectivity index (χ0v) is 11.2. The molecule has 0 radical (unpaired) electrons. The van der Waals surface area contributed by atoms with Gasteiger partial charge in [-0.15, -0.1) is 0 Å². The van der Waals surface area contributed by atoms with Gasteiger partial charge in [-0.25, -0.2) is 0 Å². The Bertz CT molecular complexity index is 418. The minimum absolute atomic E-state index is 0.0164. The van der Waals surface area contributed by atoms with Gasteiger partial charge in [0.1, 0.15) is 0 Å². The van der Waals surface area contributed by atoms with Crippen LogP contribution in [0, 0.1) is 10.5 Å². The number of rotatable bonds is 3. The van der Waals surface area contributed by atoms with Crippen LogP contribution in [0.4, 0.5) is 13.2 Å². The van der Waals surface area contributed by atoms with Gasteiger partial charge >= 0.3 is 12.1 Å². The summed E-state index contributed by atoms with van der Waals surface area (Å²) in [5.41, 5.74) is 2.02. The molecule has 2 nitrogen and oxygen atoms in total. The van der Waals surface area contributed by atoms with E-state index in [0.29, 0.717) is 6.42 Å². The van der Waals surface area contributed by atoms with E-state index >= 15 is 0 Å². The van der Waals surface area contributed by atoms with E-state index in [4.69, 9.17) is 0 Å². The van der Waals surface area contributed by atoms with Gasteiger partial charge in [0.2, 0.25) is 0 Å². The molecule has 0 aliphatic carbocycles. The molecule has 0 atom stereocenters. The van der Waals surface area contributed by atoms with E-state index < -0.39 is 12.1 Å². The van der Waals surface area contributed by atoms with E-state index in [1.165, 1.54) is 0 Å². The second kappa shape index (κ2) is 5.70. The normalized spacial score (nSPS) is 11.4. The Morgan fingerprint density at radius 3 is 2.59 bits per heavy atom. The minimum Gasteiger partial charge on any atom is -0.348 e. The summed E-state index contributed by atoms with van der Waals surface area (Å²) in [5.74, 6) is -1.89. The summed E-state index contributed by atoms with van der Waals surface area (Å²) in [6, 6.07) is 5.65. The van der Waals surface area contributed by atoms with Crippen LogP contribution < -0.4 is 5.32 Å². The highest BCUT2D eigenvalue weighted by Gasteiger charge is 2.38. The van der Waals surface area contributed by atoms with Crippen molar-refractivity contribution < 1.29 is 18.0 Å². The van der Waals surface area contributed by atoms with Crippen LogP contribution in [0.2, 0.25) is 0 Å². The van der Waals surface area contributed by atoms with E-state index in [1.54, 1.807) is 0 Å². The van der Waals surface area contributed by atoms with Gasteiger partial charge in [-0.05, 0) is 53.1 Å². The maximum absolute atomic E-state index is 11.9. The third kappa shape index (κ3) is 4.53. The highest BCUT2D eigenvalue weighted by molar-refractivity contribution is 14.1. The van der Waals surface area contributed by atoms with Crippen molar-refractivity contribution in [1.29, 1.82) is 0 Å². The van der Waals surface area contributed by atoms with Gasteiger partial charge in [-0.3, -0.25) is 4.79 Å². The Morgan fingerprint density at radius 1 is 1.41 bits per heavy atom. The summed E-state index contributed by atoms with van der Waals surface area (Å²) >= 11 is 2.16. The van der Waals surface area contributed by atoms with Crippen molar-refractivity contribution in [2.45, 2.75) is 19.5 Å². The number of carbonyl (C=O) groups excluding carboxylic acids is 1. The lowest BCUT2D eigenvalue weighted by molar-refractivity contribution is -0.173. The summed E-state index contributed by atoms with van der Waals surface area (Å²) in [7, 11) is 0. The van der Waals surface area contributed by atoms with Crippen molar-refractivity contribution in [1.82, 2.24) is 5.32 Å². The molecule has 6 heteroatoms. The van der Waals surface area contributed by atoms with Crippen molar-refractivity contribution in [2.75, 3.05) is 6.54 Å². The van der Waals surface area contributed by atoms with Crippen molar-refractivity contribution in [3.63, 3.8) is 0 Å². The molecule has 17 heavy (non-hydrogen) atoms. The van der Waals surface area contributed by atoms with Crippen LogP contribution in [0.5, 0.6) is 0 Å². The van der Waals surface area contributed by atoms with Crippen LogP contribution in [-0.4, -0.2) is 18.6 Å². The first-order valence-electron chi connectivity index (χ1n) is 4.91. The topological polar surface area (TPSA) is 29.1 Å². The largest absolute Gasteiger partial charge is 0.471 e. The minimum atomic E-state index is -4.80. The first-order valence-corrected chi connectivity index (χ1v) is 5.98. The molecule has 0 heterocycles. The Balaban J connectivity index is 2.46. The second-order valence-corrected chi connectivity index (χ2v) is 4.75. The summed E-state index contributed by atoms with van der Waals surface area (Å²) in [6.07, 6.45) is -4.42. The Hall–Kier alpha value is -0.790. The fourth-order valence-electron chi connectivity index (χ4n) is 1.21. The maximum Gasteiger partial charge on any atom is 0.471 e. The Kier molecular flexibility index (Phi) is 4.79. The lowest BCUT2D eigenvalue weighted by Gasteiger charge is -2.08. The van der Waals surface area contributed by atoms with Crippen molar-refractivity contribution >= 4 is 28.5 Å². The molecule has 0 unspecified atom stereocenters. The highest BCUT2D eigenvalue weighted by Crippen LogP contribution is 2.15. The quantitative estimate of drug-likeness (QED) is 0.829. The number of hydrogen-bond donors (Lipinski definition) is 1. The van der Waals surface area contributed by atoms with Gasteiger partial charge in [-0.2, -0.15) is 13.2 Å². The summed E-state index contributed by atoms with van der Waals surface area (Å²) in [5, 5.41) is 1.84. The molecule has 0 aliphatic rings. The standard InChI is InChI=1S/C11H11F3INO/c1-7-2-3-8(6-9(7)15)4-5-16-10(17)11(12,13)14/h2-3,6H,4-5H2,1H3,(H,16,17). The molecule has 0 spiro atoms. The van der Waals surface area contributed by atoms with E-state index in [2.05, 4.69) is 22.6 Å². The third-order valence-electron chi connectivity index (χ3n) is 2.19. The smallest absolute Gasteiger partial charge is 0.348 e. The van der Waals surface area contributed by atoms with Gasteiger partial charge < -0.3 is 5.32 Å². The number of amides is 1. The van der Waals surface area contributed by atoms with Crippen LogP contribution in [0.15, 0.2) is 18.2 Å². The molecule has 94 valence electrons. The molecular weight excluding hydrogens is 346 g/mol. The summed E-state index contributed by atoms with van der Waals surface area (Å²) in [6.45, 7) is 1.94. The number of alkyl halides is 3. The summed E-state index contributed by atoms with van der Waals surface area (Å²) in [4.78, 5) is 10.5. The molecule has 1 N–H and O–H groups in total. The van der Waals surface area contributed by atoms with Crippen LogP contribution >= 0.6 is 22.6 Å². The fraction of sp³-hybridized carbons (Fsp3) is 0.364. The molecule has 1 aromatic rings. The van der Waals surface area contributed by atoms with Crippen molar-refractivity contribution in [3.8, 4) is 0 Å². The monoisotopic (exact) mass is 357 g/mol. The summed E-state index contributed by atoms with van der Waals surface area (Å²) < 4.78 is 36.7. The maximum atomic E-state index is 11.9. The number of nitrogens with one attached hydrogen (secondary N) is 1. The zero-order chi connectivity index (χ0) is 13.1. The molecule has 0 saturated heterocycles. The van der Waals surface area contributed by atoms with Crippen LogP contribution in [0.1, 0.15) is 11.1 Å². The predicted molar refractivity (Wildman–Crippen MR) is 66.7 cm³/mol. The zero-order valence-electron chi connectivity index (χ0n) is 9.07. The number of aryl methyl sites for hydroxylation is 1. The van der Waals surface area contributed by atoms with Crippen molar-refractivity contribution in [3.05, 3.63) is 32.9 Å². The third-order valence-corrected chi connectivity index (χ3v) is 3.36. The lowest BCUT2D eigenvalue weighted by atomic mass is 10.1. The molecular formula is C11H11F3INO. The van der Waals surface area contributed by atoms with E-state index in [-0.39, 0.29) is 6.54 Å². The molecule has 0 aliphatic heterocycles. The van der Waals surface area contributed by atoms with Crippen LogP contribution in [-0.2, 0) is 11.2 Å². The Labute approximate surface area is 111 Å². The first kappa shape index (κ1) is 14.3. The van der Waals surface area contributed by atoms with Crippen LogP contribution in [0.3, 0.4) is 0 Å². The van der Waals surface area contributed by atoms with Gasteiger partial charge in [0.15, 0.2) is 0 Å². The molecule has 0 saturated carbocycles. The van der Waals surface area contributed by atoms with E-state index in [0.717, 1.165) is 14.7 Å². The van der Waals surface area contributed by atoms with E-state index in [9.17, 15) is 18.0 Å². The highest BCUT2D eigenvalue weighted by atomic mass is 127. The van der Waals surface area contributed by atoms with Crippen LogP contribution in [0.25, 0.3) is 0 Å². The van der Waals surface area contributed by atoms with Gasteiger partial charge in [-0.1, -0.05) is 12.1 Å². The first-order chi connectivity index (χ1) is 7.80. The fourth-order valence-corrected chi connectivity index (χ4v) is 1.79. The molecule has 0 fully saturated rings. The molecule has 1 aromatic carbocycles. The molecule has 1 rings (SSSR count). The van der Waals surface area contributed by atoms with Gasteiger partial charge in [0.25, 0.3) is 0 Å². The number of carbonyl (C=O) groups is 1. The van der Waals surface area contributed by atoms with Gasteiger partial charge in [0.05, 0.1) is 0 Å². The number of benzene rings is 1. The average Bonchev–Trinajstić information content (AvgIpc) is 2.22. The lowest BCUT2D eigenvalue weighted by Crippen LogP contribution is -2.37. The Morgan fingerprint density at radius 2 is 2.06 bits per heavy atom. The predicted octanol–water partition coefficient (Wildman–Crippen LogP) is 2.82. The number of hydrogen-bond acceptors (Lipinski definition) is 1. The van der Waals surface area contributed by atoms with Gasteiger partial charge in [0, 0.05) is 10.1 Å². The molecule has 1 amide bonds. The van der Waals surface area contributed by atoms with Crippen molar-refractivity contribution in [2.24, 2.45) is 0 Å². The SMILES string of the molecule is Cc1ccc(CCNC(=O)C(F)(F)F)cc1I. The number of halogens is 4. The van der Waals surface area contributed by atoms with E-state index in [1.807, 2.05) is 30.4 Å².